The van der Waals surface area contributed by atoms with Crippen LogP contribution < -0.4 is 5.32 Å². The highest BCUT2D eigenvalue weighted by Crippen LogP contribution is 2.18. The summed E-state index contributed by atoms with van der Waals surface area (Å²) in [6.45, 7) is 4.89. The van der Waals surface area contributed by atoms with Gasteiger partial charge in [-0.2, -0.15) is 0 Å². The third-order valence-corrected chi connectivity index (χ3v) is 15.4. The molecule has 0 heterocycles. The lowest BCUT2D eigenvalue weighted by molar-refractivity contribution is -0.143. The number of ether oxygens (including phenoxy) is 1. The van der Waals surface area contributed by atoms with E-state index in [1.165, 1.54) is 257 Å². The highest BCUT2D eigenvalue weighted by molar-refractivity contribution is 5.76. The highest BCUT2D eigenvalue weighted by Gasteiger charge is 2.18. The van der Waals surface area contributed by atoms with Crippen molar-refractivity contribution in [3.05, 3.63) is 36.5 Å². The van der Waals surface area contributed by atoms with Gasteiger partial charge in [0.05, 0.1) is 25.4 Å². The molecule has 2 unspecified atom stereocenters. The summed E-state index contributed by atoms with van der Waals surface area (Å²) in [5.74, 6) is -0.0852. The Labute approximate surface area is 462 Å². The summed E-state index contributed by atoms with van der Waals surface area (Å²) in [6.07, 6.45) is 80.6. The van der Waals surface area contributed by atoms with Crippen molar-refractivity contribution in [3.8, 4) is 0 Å². The number of carbonyl (C=O) groups is 2. The molecule has 436 valence electrons. The number of carbonyl (C=O) groups excluding carboxylic acids is 2. The third-order valence-electron chi connectivity index (χ3n) is 15.4. The maximum Gasteiger partial charge on any atom is 0.305 e. The number of aliphatic hydroxyl groups excluding tert-OH is 2. The molecule has 0 rings (SSSR count). The van der Waals surface area contributed by atoms with Crippen molar-refractivity contribution in [1.82, 2.24) is 5.32 Å². The Bertz CT molecular complexity index is 1200. The zero-order valence-corrected chi connectivity index (χ0v) is 49.8. The summed E-state index contributed by atoms with van der Waals surface area (Å²) in [5.41, 5.74) is 0. The van der Waals surface area contributed by atoms with Crippen LogP contribution in [0.1, 0.15) is 361 Å². The predicted molar refractivity (Wildman–Crippen MR) is 324 cm³/mol. The lowest BCUT2D eigenvalue weighted by Crippen LogP contribution is -2.45. The quantitative estimate of drug-likeness (QED) is 0.0244. The lowest BCUT2D eigenvalue weighted by Gasteiger charge is -2.20. The second-order valence-corrected chi connectivity index (χ2v) is 22.8. The van der Waals surface area contributed by atoms with Crippen LogP contribution >= 0.6 is 0 Å². The number of hydrogen-bond acceptors (Lipinski definition) is 5. The molecule has 0 radical (unpaired) electrons. The largest absolute Gasteiger partial charge is 0.466 e. The van der Waals surface area contributed by atoms with E-state index in [1.54, 1.807) is 6.08 Å². The molecule has 3 N–H and O–H groups in total. The summed E-state index contributed by atoms with van der Waals surface area (Å²) in [4.78, 5) is 24.6. The number of unbranched alkanes of at least 4 members (excludes halogenated alkanes) is 48. The normalized spacial score (nSPS) is 12.8. The van der Waals surface area contributed by atoms with Gasteiger partial charge in [0.15, 0.2) is 0 Å². The first-order valence-electron chi connectivity index (χ1n) is 33.3. The Morgan fingerprint density at radius 2 is 0.662 bits per heavy atom. The monoisotopic (exact) mass is 1040 g/mol. The molecule has 0 saturated heterocycles. The molecule has 2 atom stereocenters. The smallest absolute Gasteiger partial charge is 0.305 e. The maximum absolute atomic E-state index is 12.5. The van der Waals surface area contributed by atoms with Crippen molar-refractivity contribution in [1.29, 1.82) is 0 Å². The van der Waals surface area contributed by atoms with Crippen molar-refractivity contribution in [2.75, 3.05) is 13.2 Å². The molecule has 0 bridgehead atoms. The van der Waals surface area contributed by atoms with Gasteiger partial charge in [0.1, 0.15) is 0 Å². The van der Waals surface area contributed by atoms with Gasteiger partial charge in [-0.25, -0.2) is 0 Å². The number of esters is 1. The van der Waals surface area contributed by atoms with Gasteiger partial charge in [-0.1, -0.05) is 320 Å². The van der Waals surface area contributed by atoms with Crippen LogP contribution in [0.25, 0.3) is 0 Å². The van der Waals surface area contributed by atoms with Gasteiger partial charge in [-0.3, -0.25) is 9.59 Å². The summed E-state index contributed by atoms with van der Waals surface area (Å²) < 4.78 is 5.46. The molecule has 0 aliphatic rings. The fraction of sp³-hybridized carbons (Fsp3) is 0.882. The third kappa shape index (κ3) is 59.3. The Hall–Kier alpha value is -1.92. The SMILES string of the molecule is CCCCCCCCCCCCCCCCCCCCCCC/C=C/C(O)C(CO)NC(=O)CCCCCCCCCCCC/C=C\C=C/CCCCCOC(=O)CCCCCCCCCCCCCCCCC. The van der Waals surface area contributed by atoms with Crippen molar-refractivity contribution < 1.29 is 24.5 Å². The fourth-order valence-electron chi connectivity index (χ4n) is 10.3. The first-order chi connectivity index (χ1) is 36.5. The van der Waals surface area contributed by atoms with Gasteiger partial charge in [0.25, 0.3) is 0 Å². The van der Waals surface area contributed by atoms with Crippen LogP contribution in [0.5, 0.6) is 0 Å². The number of allylic oxidation sites excluding steroid dienone is 5. The number of hydrogen-bond donors (Lipinski definition) is 3. The number of amides is 1. The van der Waals surface area contributed by atoms with E-state index in [0.29, 0.717) is 19.4 Å². The molecule has 0 fully saturated rings. The van der Waals surface area contributed by atoms with Crippen LogP contribution in [0.15, 0.2) is 36.5 Å². The lowest BCUT2D eigenvalue weighted by atomic mass is 10.0. The van der Waals surface area contributed by atoms with Gasteiger partial charge < -0.3 is 20.3 Å². The Morgan fingerprint density at radius 1 is 0.378 bits per heavy atom. The van der Waals surface area contributed by atoms with Crippen LogP contribution in [0.4, 0.5) is 0 Å². The number of aliphatic hydroxyl groups is 2. The molecular weight excluding hydrogens is 911 g/mol. The number of nitrogens with one attached hydrogen (secondary N) is 1. The van der Waals surface area contributed by atoms with Crippen LogP contribution in [0, 0.1) is 0 Å². The minimum atomic E-state index is -0.853. The molecule has 0 aromatic carbocycles. The predicted octanol–water partition coefficient (Wildman–Crippen LogP) is 21.1. The standard InChI is InChI=1S/C68H129NO5/c1-3-5-7-9-11-13-15-17-19-20-21-22-23-24-26-29-33-36-40-44-48-52-56-60-66(71)65(64-70)69-67(72)61-57-53-49-45-41-37-34-30-27-25-28-31-35-39-43-47-51-55-59-63-74-68(73)62-58-54-50-46-42-38-32-18-16-14-12-10-8-6-4-2/h31,35,39,43,56,60,65-66,70-71H,3-30,32-34,36-38,40-42,44-55,57-59,61-64H2,1-2H3,(H,69,72)/b35-31-,43-39-,60-56+. The minimum absolute atomic E-state index is 0.0107. The second kappa shape index (κ2) is 63.6. The van der Waals surface area contributed by atoms with E-state index in [2.05, 4.69) is 43.5 Å². The molecule has 74 heavy (non-hydrogen) atoms. The summed E-state index contributed by atoms with van der Waals surface area (Å²) in [5, 5.41) is 23.2. The van der Waals surface area contributed by atoms with E-state index in [0.717, 1.165) is 77.0 Å². The van der Waals surface area contributed by atoms with Crippen LogP contribution in [0.3, 0.4) is 0 Å². The number of rotatable bonds is 62. The molecular formula is C68H129NO5. The molecule has 0 spiro atoms. The first kappa shape index (κ1) is 72.1. The van der Waals surface area contributed by atoms with E-state index >= 15 is 0 Å². The van der Waals surface area contributed by atoms with Gasteiger partial charge >= 0.3 is 5.97 Å². The minimum Gasteiger partial charge on any atom is -0.466 e. The molecule has 0 saturated carbocycles. The fourth-order valence-corrected chi connectivity index (χ4v) is 10.3. The molecule has 0 aliphatic carbocycles. The molecule has 0 aromatic heterocycles. The van der Waals surface area contributed by atoms with E-state index in [4.69, 9.17) is 4.74 Å². The molecule has 0 aromatic rings. The van der Waals surface area contributed by atoms with Crippen LogP contribution in [-0.4, -0.2) is 47.4 Å². The van der Waals surface area contributed by atoms with E-state index < -0.39 is 12.1 Å². The van der Waals surface area contributed by atoms with E-state index in [-0.39, 0.29) is 18.5 Å². The first-order valence-corrected chi connectivity index (χ1v) is 33.3. The maximum atomic E-state index is 12.5. The van der Waals surface area contributed by atoms with Gasteiger partial charge in [-0.05, 0) is 64.2 Å². The van der Waals surface area contributed by atoms with Crippen molar-refractivity contribution in [3.63, 3.8) is 0 Å². The zero-order chi connectivity index (χ0) is 53.6. The Morgan fingerprint density at radius 3 is 1.00 bits per heavy atom. The van der Waals surface area contributed by atoms with E-state index in [1.807, 2.05) is 6.08 Å². The molecule has 1 amide bonds. The van der Waals surface area contributed by atoms with Crippen molar-refractivity contribution >= 4 is 11.9 Å². The van der Waals surface area contributed by atoms with Gasteiger partial charge in [0, 0.05) is 12.8 Å². The molecule has 6 heteroatoms. The van der Waals surface area contributed by atoms with Gasteiger partial charge in [0.2, 0.25) is 5.91 Å². The highest BCUT2D eigenvalue weighted by atomic mass is 16.5. The Kier molecular flexibility index (Phi) is 62.0. The van der Waals surface area contributed by atoms with Gasteiger partial charge in [-0.15, -0.1) is 0 Å². The summed E-state index contributed by atoms with van der Waals surface area (Å²) in [6, 6.07) is -0.637. The molecule has 6 nitrogen and oxygen atoms in total. The van der Waals surface area contributed by atoms with Crippen LogP contribution in [-0.2, 0) is 14.3 Å². The van der Waals surface area contributed by atoms with Crippen LogP contribution in [0.2, 0.25) is 0 Å². The molecule has 0 aliphatic heterocycles. The summed E-state index contributed by atoms with van der Waals surface area (Å²) in [7, 11) is 0. The average Bonchev–Trinajstić information content (AvgIpc) is 3.40. The summed E-state index contributed by atoms with van der Waals surface area (Å²) >= 11 is 0. The Balaban J connectivity index is 3.49. The average molecular weight is 1040 g/mol. The van der Waals surface area contributed by atoms with E-state index in [9.17, 15) is 19.8 Å². The second-order valence-electron chi connectivity index (χ2n) is 22.8. The van der Waals surface area contributed by atoms with Crippen molar-refractivity contribution in [2.24, 2.45) is 0 Å². The van der Waals surface area contributed by atoms with Crippen molar-refractivity contribution in [2.45, 2.75) is 373 Å². The zero-order valence-electron chi connectivity index (χ0n) is 49.8. The topological polar surface area (TPSA) is 95.9 Å².